The summed E-state index contributed by atoms with van der Waals surface area (Å²) in [7, 11) is -2.13. The van der Waals surface area contributed by atoms with Gasteiger partial charge in [0, 0.05) is 11.7 Å². The van der Waals surface area contributed by atoms with E-state index in [-0.39, 0.29) is 10.6 Å². The van der Waals surface area contributed by atoms with Gasteiger partial charge in [-0.05, 0) is 50.1 Å². The van der Waals surface area contributed by atoms with Crippen LogP contribution < -0.4 is 15.8 Å². The maximum Gasteiger partial charge on any atom is 0.242 e. The molecule has 0 aliphatic carbocycles. The number of sulfonamides is 1. The average molecular weight is 317 g/mol. The Morgan fingerprint density at radius 1 is 1.40 bits per heavy atom. The number of hydrogen-bond donors (Lipinski definition) is 3. The lowest BCUT2D eigenvalue weighted by molar-refractivity contribution is 0.588. The summed E-state index contributed by atoms with van der Waals surface area (Å²) in [5.74, 6) is 2.22. The molecule has 1 aromatic rings. The van der Waals surface area contributed by atoms with E-state index < -0.39 is 10.0 Å². The van der Waals surface area contributed by atoms with E-state index in [1.165, 1.54) is 13.1 Å². The molecule has 0 amide bonds. The first-order chi connectivity index (χ1) is 9.40. The van der Waals surface area contributed by atoms with E-state index in [1.807, 2.05) is 11.8 Å². The predicted octanol–water partition coefficient (Wildman–Crippen LogP) is 2.12. The summed E-state index contributed by atoms with van der Waals surface area (Å²) in [6, 6.07) is 5.24. The molecule has 7 heteroatoms. The van der Waals surface area contributed by atoms with Gasteiger partial charge < -0.3 is 11.1 Å². The highest BCUT2D eigenvalue weighted by Crippen LogP contribution is 2.23. The molecular weight excluding hydrogens is 294 g/mol. The van der Waals surface area contributed by atoms with Gasteiger partial charge in [0.05, 0.1) is 5.69 Å². The molecule has 0 aliphatic heterocycles. The summed E-state index contributed by atoms with van der Waals surface area (Å²) in [4.78, 5) is 0.111. The highest BCUT2D eigenvalue weighted by molar-refractivity contribution is 7.99. The van der Waals surface area contributed by atoms with Crippen LogP contribution in [0.15, 0.2) is 23.1 Å². The van der Waals surface area contributed by atoms with Crippen LogP contribution >= 0.6 is 11.8 Å². The van der Waals surface area contributed by atoms with E-state index in [9.17, 15) is 8.42 Å². The Labute approximate surface area is 125 Å². The van der Waals surface area contributed by atoms with Crippen LogP contribution in [0.2, 0.25) is 0 Å². The van der Waals surface area contributed by atoms with Crippen molar-refractivity contribution in [2.24, 2.45) is 0 Å². The second-order valence-electron chi connectivity index (χ2n) is 4.49. The Balaban J connectivity index is 2.73. The Morgan fingerprint density at radius 3 is 2.65 bits per heavy atom. The monoisotopic (exact) mass is 317 g/mol. The second kappa shape index (κ2) is 7.75. The Kier molecular flexibility index (Phi) is 6.64. The van der Waals surface area contributed by atoms with Crippen LogP contribution in [0.1, 0.15) is 20.3 Å². The zero-order valence-corrected chi connectivity index (χ0v) is 13.8. The smallest absolute Gasteiger partial charge is 0.242 e. The molecule has 4 N–H and O–H groups in total. The van der Waals surface area contributed by atoms with Crippen LogP contribution in [0.25, 0.3) is 0 Å². The molecule has 0 aromatic heterocycles. The summed E-state index contributed by atoms with van der Waals surface area (Å²) < 4.78 is 25.7. The van der Waals surface area contributed by atoms with Gasteiger partial charge in [-0.25, -0.2) is 13.1 Å². The van der Waals surface area contributed by atoms with Crippen LogP contribution in [-0.4, -0.2) is 33.0 Å². The number of nitrogens with two attached hydrogens (primary N) is 1. The zero-order chi connectivity index (χ0) is 15.2. The minimum atomic E-state index is -3.50. The van der Waals surface area contributed by atoms with E-state index >= 15 is 0 Å². The molecule has 0 fully saturated rings. The molecule has 5 nitrogen and oxygen atoms in total. The van der Waals surface area contributed by atoms with E-state index in [0.717, 1.165) is 23.6 Å². The SMILES string of the molecule is CCSCCC(C)Nc1ccc(S(=O)(=O)NC)c(N)c1. The topological polar surface area (TPSA) is 84.2 Å². The standard InChI is InChI=1S/C13H23N3O2S2/c1-4-19-8-7-10(2)16-11-5-6-13(12(14)9-11)20(17,18)15-3/h5-6,9-10,15-16H,4,7-8,14H2,1-3H3. The fraction of sp³-hybridized carbons (Fsp3) is 0.538. The Bertz CT molecular complexity index is 532. The molecule has 1 unspecified atom stereocenters. The van der Waals surface area contributed by atoms with Crippen molar-refractivity contribution in [2.45, 2.75) is 31.2 Å². The molecule has 1 atom stereocenters. The maximum atomic E-state index is 11.7. The third kappa shape index (κ3) is 4.88. The Hall–Kier alpha value is -0.920. The van der Waals surface area contributed by atoms with Gasteiger partial charge in [-0.3, -0.25) is 0 Å². The fourth-order valence-electron chi connectivity index (χ4n) is 1.75. The van der Waals surface area contributed by atoms with Gasteiger partial charge in [0.1, 0.15) is 4.90 Å². The van der Waals surface area contributed by atoms with Gasteiger partial charge in [0.15, 0.2) is 0 Å². The van der Waals surface area contributed by atoms with Gasteiger partial charge in [-0.15, -0.1) is 0 Å². The summed E-state index contributed by atoms with van der Waals surface area (Å²) in [5, 5.41) is 3.33. The van der Waals surface area contributed by atoms with E-state index in [0.29, 0.717) is 6.04 Å². The van der Waals surface area contributed by atoms with Crippen molar-refractivity contribution in [1.29, 1.82) is 0 Å². The molecule has 0 saturated carbocycles. The van der Waals surface area contributed by atoms with E-state index in [4.69, 9.17) is 5.73 Å². The van der Waals surface area contributed by atoms with Gasteiger partial charge >= 0.3 is 0 Å². The predicted molar refractivity (Wildman–Crippen MR) is 87.8 cm³/mol. The summed E-state index contributed by atoms with van der Waals surface area (Å²) in [6.45, 7) is 4.25. The van der Waals surface area contributed by atoms with Crippen LogP contribution in [0, 0.1) is 0 Å². The summed E-state index contributed by atoms with van der Waals surface area (Å²) >= 11 is 1.91. The maximum absolute atomic E-state index is 11.7. The van der Waals surface area contributed by atoms with E-state index in [1.54, 1.807) is 12.1 Å². The van der Waals surface area contributed by atoms with Gasteiger partial charge in [0.2, 0.25) is 10.0 Å². The molecule has 0 aliphatic rings. The molecule has 0 heterocycles. The van der Waals surface area contributed by atoms with Gasteiger partial charge in [-0.1, -0.05) is 6.92 Å². The van der Waals surface area contributed by atoms with Crippen LogP contribution in [-0.2, 0) is 10.0 Å². The van der Waals surface area contributed by atoms with E-state index in [2.05, 4.69) is 23.9 Å². The van der Waals surface area contributed by atoms with Crippen LogP contribution in [0.5, 0.6) is 0 Å². The van der Waals surface area contributed by atoms with Crippen molar-refractivity contribution >= 4 is 33.2 Å². The third-order valence-electron chi connectivity index (χ3n) is 2.88. The molecule has 1 rings (SSSR count). The van der Waals surface area contributed by atoms with Crippen molar-refractivity contribution in [3.63, 3.8) is 0 Å². The normalized spacial score (nSPS) is 13.2. The highest BCUT2D eigenvalue weighted by atomic mass is 32.2. The summed E-state index contributed by atoms with van der Waals surface area (Å²) in [6.07, 6.45) is 1.05. The minimum Gasteiger partial charge on any atom is -0.398 e. The number of thioether (sulfide) groups is 1. The van der Waals surface area contributed by atoms with Gasteiger partial charge in [0.25, 0.3) is 0 Å². The largest absolute Gasteiger partial charge is 0.398 e. The molecule has 1 aromatic carbocycles. The number of benzene rings is 1. The lowest BCUT2D eigenvalue weighted by atomic mass is 10.2. The van der Waals surface area contributed by atoms with Crippen LogP contribution in [0.4, 0.5) is 11.4 Å². The van der Waals surface area contributed by atoms with Gasteiger partial charge in [-0.2, -0.15) is 11.8 Å². The van der Waals surface area contributed by atoms with Crippen molar-refractivity contribution in [3.8, 4) is 0 Å². The van der Waals surface area contributed by atoms with Crippen LogP contribution in [0.3, 0.4) is 0 Å². The summed E-state index contributed by atoms with van der Waals surface area (Å²) in [5.41, 5.74) is 6.91. The number of nitrogens with one attached hydrogen (secondary N) is 2. The molecule has 114 valence electrons. The Morgan fingerprint density at radius 2 is 2.10 bits per heavy atom. The van der Waals surface area contributed by atoms with Crippen molar-refractivity contribution in [2.75, 3.05) is 29.6 Å². The van der Waals surface area contributed by atoms with Crippen molar-refractivity contribution in [3.05, 3.63) is 18.2 Å². The molecule has 20 heavy (non-hydrogen) atoms. The second-order valence-corrected chi connectivity index (χ2v) is 7.74. The lowest BCUT2D eigenvalue weighted by Crippen LogP contribution is -2.20. The number of anilines is 2. The fourth-order valence-corrected chi connectivity index (χ4v) is 3.40. The molecule has 0 spiro atoms. The molecular formula is C13H23N3O2S2. The minimum absolute atomic E-state index is 0.111. The third-order valence-corrected chi connectivity index (χ3v) is 5.30. The first kappa shape index (κ1) is 17.1. The molecule has 0 saturated heterocycles. The molecule has 0 bridgehead atoms. The number of hydrogen-bond acceptors (Lipinski definition) is 5. The van der Waals surface area contributed by atoms with Crippen molar-refractivity contribution < 1.29 is 8.42 Å². The lowest BCUT2D eigenvalue weighted by Gasteiger charge is -2.16. The first-order valence-electron chi connectivity index (χ1n) is 6.58. The first-order valence-corrected chi connectivity index (χ1v) is 9.21. The van der Waals surface area contributed by atoms with Crippen molar-refractivity contribution in [1.82, 2.24) is 4.72 Å². The number of rotatable bonds is 8. The highest BCUT2D eigenvalue weighted by Gasteiger charge is 2.15. The quantitative estimate of drug-likeness (QED) is 0.505. The molecule has 0 radical (unpaired) electrons. The zero-order valence-electron chi connectivity index (χ0n) is 12.1. The number of nitrogen functional groups attached to an aromatic ring is 1. The average Bonchev–Trinajstić information content (AvgIpc) is 2.38.